The van der Waals surface area contributed by atoms with Crippen molar-refractivity contribution in [3.63, 3.8) is 0 Å². The fourth-order valence-electron chi connectivity index (χ4n) is 3.77. The van der Waals surface area contributed by atoms with Crippen LogP contribution in [0.3, 0.4) is 0 Å². The van der Waals surface area contributed by atoms with Gasteiger partial charge in [0.2, 0.25) is 0 Å². The van der Waals surface area contributed by atoms with Gasteiger partial charge in [-0.3, -0.25) is 0 Å². The number of rotatable bonds is 9. The monoisotopic (exact) mass is 528 g/mol. The molecule has 39 heavy (non-hydrogen) atoms. The highest BCUT2D eigenvalue weighted by Gasteiger charge is 2.27. The third-order valence-corrected chi connectivity index (χ3v) is 6.33. The second-order valence-corrected chi connectivity index (χ2v) is 8.95. The van der Waals surface area contributed by atoms with Gasteiger partial charge in [-0.05, 0) is 74.7 Å². The summed E-state index contributed by atoms with van der Waals surface area (Å²) in [5.74, 6) is 0.150. The van der Waals surface area contributed by atoms with Crippen molar-refractivity contribution in [3.8, 4) is 17.0 Å². The van der Waals surface area contributed by atoms with E-state index in [2.05, 4.69) is 4.99 Å². The molecule has 0 spiro atoms. The number of allylic oxidation sites excluding steroid dienone is 2. The zero-order valence-electron chi connectivity index (χ0n) is 24.1. The maximum absolute atomic E-state index is 13.0. The summed E-state index contributed by atoms with van der Waals surface area (Å²) < 4.78 is 11.6. The molecule has 0 aliphatic carbocycles. The number of aromatic nitrogens is 1. The maximum atomic E-state index is 13.0. The SMILES string of the molecule is C/C=C(/C)c1nc(-c2cccc(O)c2)ccc1/C(OCc1ccccc1)=C(/C(=O)OC)C(C)CC.CC=NC. The maximum Gasteiger partial charge on any atom is 0.337 e. The molecule has 1 heterocycles. The van der Waals surface area contributed by atoms with E-state index in [-0.39, 0.29) is 11.7 Å². The second kappa shape index (κ2) is 15.9. The van der Waals surface area contributed by atoms with E-state index in [1.165, 1.54) is 7.11 Å². The topological polar surface area (TPSA) is 81.0 Å². The number of phenols is 1. The third-order valence-electron chi connectivity index (χ3n) is 6.33. The number of phenolic OH excluding ortho intramolecular Hbond substituents is 1. The first-order valence-corrected chi connectivity index (χ1v) is 13.1. The lowest BCUT2D eigenvalue weighted by Gasteiger charge is -2.22. The number of pyridine rings is 1. The summed E-state index contributed by atoms with van der Waals surface area (Å²) in [6.45, 7) is 10.1. The number of aliphatic imine (C=N–C) groups is 1. The average Bonchev–Trinajstić information content (AvgIpc) is 2.98. The molecule has 1 atom stereocenters. The van der Waals surface area contributed by atoms with E-state index in [0.717, 1.165) is 28.7 Å². The van der Waals surface area contributed by atoms with Crippen molar-refractivity contribution in [1.82, 2.24) is 4.98 Å². The zero-order chi connectivity index (χ0) is 28.8. The number of ether oxygens (including phenoxy) is 2. The van der Waals surface area contributed by atoms with Crippen LogP contribution in [0.5, 0.6) is 5.75 Å². The van der Waals surface area contributed by atoms with Crippen LogP contribution >= 0.6 is 0 Å². The molecule has 0 saturated carbocycles. The number of carbonyl (C=O) groups excluding carboxylic acids is 1. The van der Waals surface area contributed by atoms with Crippen LogP contribution in [0.15, 0.2) is 83.4 Å². The lowest BCUT2D eigenvalue weighted by atomic mass is 9.92. The van der Waals surface area contributed by atoms with Crippen LogP contribution in [-0.4, -0.2) is 36.4 Å². The smallest absolute Gasteiger partial charge is 0.337 e. The highest BCUT2D eigenvalue weighted by atomic mass is 16.5. The molecule has 3 rings (SSSR count). The normalized spacial score (nSPS) is 12.7. The predicted molar refractivity (Wildman–Crippen MR) is 160 cm³/mol. The molecule has 0 amide bonds. The summed E-state index contributed by atoms with van der Waals surface area (Å²) in [4.78, 5) is 21.5. The van der Waals surface area contributed by atoms with Crippen LogP contribution in [0.4, 0.5) is 0 Å². The number of benzene rings is 2. The first kappa shape index (κ1) is 31.0. The predicted octanol–water partition coefficient (Wildman–Crippen LogP) is 7.73. The molecule has 2 aromatic carbocycles. The molecule has 0 aliphatic heterocycles. The van der Waals surface area contributed by atoms with Crippen molar-refractivity contribution in [2.45, 2.75) is 47.6 Å². The van der Waals surface area contributed by atoms with E-state index in [9.17, 15) is 9.90 Å². The van der Waals surface area contributed by atoms with E-state index in [1.807, 2.05) is 89.2 Å². The Balaban J connectivity index is 0.00000124. The summed E-state index contributed by atoms with van der Waals surface area (Å²) in [6.07, 6.45) is 4.48. The Morgan fingerprint density at radius 1 is 1.08 bits per heavy atom. The standard InChI is InChI=1S/C30H33NO4.C3H7N/c1-6-20(3)27(30(33)34-5)29(35-19-22-12-9-8-10-13-22)25-16-17-26(31-28(25)21(4)7-2)23-14-11-15-24(32)18-23;1-3-4-2/h7-18,20,32H,6,19H2,1-5H3;3H,1-2H3/b21-7-,29-27-;. The highest BCUT2D eigenvalue weighted by Crippen LogP contribution is 2.34. The van der Waals surface area contributed by atoms with Crippen LogP contribution in [0.2, 0.25) is 0 Å². The largest absolute Gasteiger partial charge is 0.508 e. The molecule has 1 N–H and O–H groups in total. The number of hydrogen-bond donors (Lipinski definition) is 1. The Hall–Kier alpha value is -4.19. The number of nitrogens with zero attached hydrogens (tertiary/aromatic N) is 2. The van der Waals surface area contributed by atoms with E-state index in [1.54, 1.807) is 31.5 Å². The fourth-order valence-corrected chi connectivity index (χ4v) is 3.77. The fraction of sp³-hybridized carbons (Fsp3) is 0.303. The van der Waals surface area contributed by atoms with Gasteiger partial charge in [0.15, 0.2) is 0 Å². The van der Waals surface area contributed by atoms with Crippen molar-refractivity contribution in [1.29, 1.82) is 0 Å². The first-order chi connectivity index (χ1) is 18.8. The van der Waals surface area contributed by atoms with Crippen molar-refractivity contribution in [2.24, 2.45) is 10.9 Å². The molecule has 3 aromatic rings. The van der Waals surface area contributed by atoms with E-state index in [0.29, 0.717) is 29.3 Å². The summed E-state index contributed by atoms with van der Waals surface area (Å²) >= 11 is 0. The first-order valence-electron chi connectivity index (χ1n) is 13.1. The molecule has 0 bridgehead atoms. The quantitative estimate of drug-likeness (QED) is 0.133. The molecule has 0 aliphatic rings. The minimum absolute atomic E-state index is 0.0854. The summed E-state index contributed by atoms with van der Waals surface area (Å²) in [6, 6.07) is 20.7. The molecule has 6 nitrogen and oxygen atoms in total. The van der Waals surface area contributed by atoms with E-state index in [4.69, 9.17) is 14.5 Å². The zero-order valence-corrected chi connectivity index (χ0v) is 24.1. The molecule has 0 radical (unpaired) electrons. The third kappa shape index (κ3) is 8.67. The Labute approximate surface area is 232 Å². The van der Waals surface area contributed by atoms with E-state index < -0.39 is 5.97 Å². The van der Waals surface area contributed by atoms with Gasteiger partial charge >= 0.3 is 5.97 Å². The average molecular weight is 529 g/mol. The van der Waals surface area contributed by atoms with Crippen LogP contribution in [0.25, 0.3) is 22.6 Å². The second-order valence-electron chi connectivity index (χ2n) is 8.95. The lowest BCUT2D eigenvalue weighted by molar-refractivity contribution is -0.136. The Morgan fingerprint density at radius 2 is 1.77 bits per heavy atom. The van der Waals surface area contributed by atoms with Crippen LogP contribution < -0.4 is 0 Å². The van der Waals surface area contributed by atoms with Gasteiger partial charge < -0.3 is 19.6 Å². The number of methoxy groups -OCH3 is 1. The van der Waals surface area contributed by atoms with Crippen molar-refractivity contribution < 1.29 is 19.4 Å². The van der Waals surface area contributed by atoms with Crippen LogP contribution in [-0.2, 0) is 20.9 Å². The number of hydrogen-bond acceptors (Lipinski definition) is 6. The molecule has 6 heteroatoms. The Kier molecular flexibility index (Phi) is 12.7. The molecule has 206 valence electrons. The van der Waals surface area contributed by atoms with Gasteiger partial charge in [0, 0.05) is 18.2 Å². The van der Waals surface area contributed by atoms with Crippen molar-refractivity contribution >= 4 is 23.5 Å². The molecule has 1 unspecified atom stereocenters. The number of aromatic hydroxyl groups is 1. The molecule has 0 fully saturated rings. The summed E-state index contributed by atoms with van der Waals surface area (Å²) in [7, 11) is 3.14. The van der Waals surface area contributed by atoms with E-state index >= 15 is 0 Å². The minimum Gasteiger partial charge on any atom is -0.508 e. The van der Waals surface area contributed by atoms with Crippen molar-refractivity contribution in [2.75, 3.05) is 14.2 Å². The van der Waals surface area contributed by atoms with Gasteiger partial charge in [0.25, 0.3) is 0 Å². The molecular formula is C33H40N2O4. The van der Waals surface area contributed by atoms with Crippen LogP contribution in [0.1, 0.15) is 57.9 Å². The molecular weight excluding hydrogens is 488 g/mol. The van der Waals surface area contributed by atoms with Gasteiger partial charge in [-0.15, -0.1) is 0 Å². The van der Waals surface area contributed by atoms with Gasteiger partial charge in [0.1, 0.15) is 18.1 Å². The lowest BCUT2D eigenvalue weighted by Crippen LogP contribution is -2.16. The summed E-state index contributed by atoms with van der Waals surface area (Å²) in [5.41, 5.74) is 5.37. The van der Waals surface area contributed by atoms with Gasteiger partial charge in [-0.2, -0.15) is 0 Å². The van der Waals surface area contributed by atoms with Gasteiger partial charge in [-0.1, -0.05) is 62.4 Å². The number of esters is 1. The Morgan fingerprint density at radius 3 is 2.33 bits per heavy atom. The minimum atomic E-state index is -0.413. The molecule has 0 saturated heterocycles. The highest BCUT2D eigenvalue weighted by molar-refractivity contribution is 5.97. The molecule has 1 aromatic heterocycles. The Bertz CT molecular complexity index is 1310. The van der Waals surface area contributed by atoms with Gasteiger partial charge in [0.05, 0.1) is 24.1 Å². The van der Waals surface area contributed by atoms with Crippen molar-refractivity contribution in [3.05, 3.63) is 95.2 Å². The van der Waals surface area contributed by atoms with Crippen LogP contribution in [0, 0.1) is 5.92 Å². The number of carbonyl (C=O) groups is 1. The van der Waals surface area contributed by atoms with Gasteiger partial charge in [-0.25, -0.2) is 9.78 Å². The summed E-state index contributed by atoms with van der Waals surface area (Å²) in [5, 5.41) is 9.95.